The third-order valence-electron chi connectivity index (χ3n) is 4.83. The van der Waals surface area contributed by atoms with E-state index in [1.165, 1.54) is 6.07 Å². The lowest BCUT2D eigenvalue weighted by Crippen LogP contribution is -2.41. The number of nitrogens with one attached hydrogen (secondary N) is 1. The number of carbonyl (C=O) groups excluding carboxylic acids is 1. The average Bonchev–Trinajstić information content (AvgIpc) is 3.01. The highest BCUT2D eigenvalue weighted by atomic mass is 19.4. The van der Waals surface area contributed by atoms with Crippen LogP contribution in [0, 0.1) is 12.8 Å². The van der Waals surface area contributed by atoms with Gasteiger partial charge in [-0.1, -0.05) is 6.07 Å². The number of halogens is 3. The summed E-state index contributed by atoms with van der Waals surface area (Å²) in [4.78, 5) is 18.4. The van der Waals surface area contributed by atoms with Gasteiger partial charge in [-0.2, -0.15) is 13.2 Å². The molecule has 3 rings (SSSR count). The Balaban J connectivity index is 1.76. The smallest absolute Gasteiger partial charge is 0.416 e. The summed E-state index contributed by atoms with van der Waals surface area (Å²) in [5.74, 6) is 0.720. The number of aryl methyl sites for hydroxylation is 1. The monoisotopic (exact) mass is 381 g/mol. The van der Waals surface area contributed by atoms with Crippen molar-refractivity contribution in [2.24, 2.45) is 5.92 Å². The van der Waals surface area contributed by atoms with Crippen LogP contribution in [0.5, 0.6) is 0 Å². The number of hydrogen-bond acceptors (Lipinski definition) is 4. The minimum Gasteiger partial charge on any atom is -0.441 e. The fourth-order valence-electron chi connectivity index (χ4n) is 3.36. The minimum absolute atomic E-state index is 0.0289. The average molecular weight is 381 g/mol. The zero-order valence-corrected chi connectivity index (χ0v) is 15.3. The van der Waals surface area contributed by atoms with E-state index in [4.69, 9.17) is 4.42 Å². The maximum atomic E-state index is 12.9. The van der Waals surface area contributed by atoms with Crippen LogP contribution in [0.3, 0.4) is 0 Å². The van der Waals surface area contributed by atoms with Crippen LogP contribution in [0.4, 0.5) is 13.2 Å². The van der Waals surface area contributed by atoms with E-state index < -0.39 is 11.7 Å². The molecular weight excluding hydrogens is 359 g/mol. The van der Waals surface area contributed by atoms with Gasteiger partial charge in [-0.15, -0.1) is 0 Å². The molecule has 0 spiro atoms. The molecule has 2 aromatic rings. The molecule has 1 aliphatic heterocycles. The number of benzene rings is 1. The molecule has 1 aromatic heterocycles. The molecule has 0 unspecified atom stereocenters. The zero-order chi connectivity index (χ0) is 19.6. The maximum absolute atomic E-state index is 12.9. The Hall–Kier alpha value is -2.35. The fourth-order valence-corrected chi connectivity index (χ4v) is 3.36. The Labute approximate surface area is 155 Å². The molecule has 0 aliphatic carbocycles. The topological polar surface area (TPSA) is 58.4 Å². The molecule has 8 heteroatoms. The van der Waals surface area contributed by atoms with E-state index in [2.05, 4.69) is 15.2 Å². The van der Waals surface area contributed by atoms with E-state index in [0.717, 1.165) is 31.5 Å². The van der Waals surface area contributed by atoms with Gasteiger partial charge in [0.15, 0.2) is 0 Å². The summed E-state index contributed by atoms with van der Waals surface area (Å²) < 4.78 is 44.4. The zero-order valence-electron chi connectivity index (χ0n) is 15.3. The Kier molecular flexibility index (Phi) is 5.55. The number of oxazole rings is 1. The maximum Gasteiger partial charge on any atom is 0.416 e. The number of aromatic nitrogens is 1. The van der Waals surface area contributed by atoms with Crippen LogP contribution >= 0.6 is 0 Å². The molecule has 146 valence electrons. The molecular formula is C19H22F3N3O2. The van der Waals surface area contributed by atoms with Crippen LogP contribution < -0.4 is 5.32 Å². The van der Waals surface area contributed by atoms with Crippen LogP contribution in [0.25, 0.3) is 11.5 Å². The van der Waals surface area contributed by atoms with Gasteiger partial charge in [-0.3, -0.25) is 9.69 Å². The lowest BCUT2D eigenvalue weighted by Gasteiger charge is -2.31. The van der Waals surface area contributed by atoms with Gasteiger partial charge in [0.25, 0.3) is 0 Å². The molecule has 0 saturated carbocycles. The molecule has 27 heavy (non-hydrogen) atoms. The summed E-state index contributed by atoms with van der Waals surface area (Å²) >= 11 is 0. The first-order valence-corrected chi connectivity index (χ1v) is 8.86. The minimum atomic E-state index is -4.41. The molecule has 5 nitrogen and oxygen atoms in total. The van der Waals surface area contributed by atoms with Crippen LogP contribution in [0.1, 0.15) is 29.9 Å². The normalized spacial score (nSPS) is 18.5. The summed E-state index contributed by atoms with van der Waals surface area (Å²) in [6.07, 6.45) is -2.65. The predicted molar refractivity (Wildman–Crippen MR) is 93.7 cm³/mol. The highest BCUT2D eigenvalue weighted by Gasteiger charge is 2.31. The summed E-state index contributed by atoms with van der Waals surface area (Å²) in [5, 5.41) is 2.68. The number of rotatable bonds is 4. The molecule has 0 bridgehead atoms. The van der Waals surface area contributed by atoms with Crippen molar-refractivity contribution in [1.29, 1.82) is 0 Å². The Morgan fingerprint density at radius 1 is 1.41 bits per heavy atom. The number of hydrogen-bond donors (Lipinski definition) is 1. The van der Waals surface area contributed by atoms with Gasteiger partial charge in [0, 0.05) is 25.7 Å². The molecule has 1 fully saturated rings. The summed E-state index contributed by atoms with van der Waals surface area (Å²) in [6, 6.07) is 4.95. The number of carbonyl (C=O) groups is 1. The Morgan fingerprint density at radius 2 is 2.19 bits per heavy atom. The highest BCUT2D eigenvalue weighted by molar-refractivity contribution is 5.78. The Bertz CT molecular complexity index is 817. The quantitative estimate of drug-likeness (QED) is 0.879. The molecule has 1 amide bonds. The van der Waals surface area contributed by atoms with Crippen molar-refractivity contribution in [3.63, 3.8) is 0 Å². The third-order valence-corrected chi connectivity index (χ3v) is 4.83. The van der Waals surface area contributed by atoms with Gasteiger partial charge in [0.2, 0.25) is 11.8 Å². The first-order chi connectivity index (χ1) is 12.8. The molecule has 2 heterocycles. The number of piperidine rings is 1. The van der Waals surface area contributed by atoms with Crippen molar-refractivity contribution in [2.75, 3.05) is 20.1 Å². The molecule has 1 saturated heterocycles. The third kappa shape index (κ3) is 4.50. The van der Waals surface area contributed by atoms with Crippen LogP contribution in [0.2, 0.25) is 0 Å². The molecule has 1 aromatic carbocycles. The van der Waals surface area contributed by atoms with E-state index in [-0.39, 0.29) is 17.7 Å². The number of nitrogens with zero attached hydrogens (tertiary/aromatic N) is 2. The van der Waals surface area contributed by atoms with Crippen molar-refractivity contribution in [2.45, 2.75) is 32.5 Å². The van der Waals surface area contributed by atoms with E-state index in [1.54, 1.807) is 20.0 Å². The van der Waals surface area contributed by atoms with Crippen molar-refractivity contribution in [3.8, 4) is 11.5 Å². The van der Waals surface area contributed by atoms with Crippen LogP contribution in [0.15, 0.2) is 28.7 Å². The number of amides is 1. The van der Waals surface area contributed by atoms with Crippen LogP contribution in [-0.2, 0) is 17.5 Å². The van der Waals surface area contributed by atoms with Crippen LogP contribution in [-0.4, -0.2) is 35.9 Å². The molecule has 1 aliphatic rings. The van der Waals surface area contributed by atoms with Gasteiger partial charge in [-0.25, -0.2) is 4.98 Å². The van der Waals surface area contributed by atoms with Crippen molar-refractivity contribution in [1.82, 2.24) is 15.2 Å². The van der Waals surface area contributed by atoms with Gasteiger partial charge < -0.3 is 9.73 Å². The summed E-state index contributed by atoms with van der Waals surface area (Å²) in [7, 11) is 1.63. The van der Waals surface area contributed by atoms with E-state index in [9.17, 15) is 18.0 Å². The lowest BCUT2D eigenvalue weighted by atomic mass is 9.97. The van der Waals surface area contributed by atoms with E-state index >= 15 is 0 Å². The molecule has 1 atom stereocenters. The van der Waals surface area contributed by atoms with Gasteiger partial charge in [0.1, 0.15) is 5.76 Å². The van der Waals surface area contributed by atoms with Crippen molar-refractivity contribution in [3.05, 3.63) is 41.3 Å². The highest BCUT2D eigenvalue weighted by Crippen LogP contribution is 2.32. The summed E-state index contributed by atoms with van der Waals surface area (Å²) in [5.41, 5.74) is 0.239. The summed E-state index contributed by atoms with van der Waals surface area (Å²) in [6.45, 7) is 3.73. The van der Waals surface area contributed by atoms with E-state index in [0.29, 0.717) is 30.1 Å². The van der Waals surface area contributed by atoms with Gasteiger partial charge in [-0.05, 0) is 44.5 Å². The Morgan fingerprint density at radius 3 is 2.89 bits per heavy atom. The first-order valence-electron chi connectivity index (χ1n) is 8.86. The molecule has 0 radical (unpaired) electrons. The first kappa shape index (κ1) is 19.4. The van der Waals surface area contributed by atoms with Crippen molar-refractivity contribution < 1.29 is 22.4 Å². The number of alkyl halides is 3. The second-order valence-corrected chi connectivity index (χ2v) is 6.79. The van der Waals surface area contributed by atoms with E-state index in [1.807, 2.05) is 0 Å². The second-order valence-electron chi connectivity index (χ2n) is 6.79. The second kappa shape index (κ2) is 7.72. The largest absolute Gasteiger partial charge is 0.441 e. The van der Waals surface area contributed by atoms with Gasteiger partial charge >= 0.3 is 6.18 Å². The number of likely N-dealkylation sites (tertiary alicyclic amines) is 1. The van der Waals surface area contributed by atoms with Crippen molar-refractivity contribution >= 4 is 5.91 Å². The molecule has 1 N–H and O–H groups in total. The standard InChI is InChI=1S/C19H22F3N3O2/c1-12-16(11-25-8-4-6-14(10-25)17(26)23-2)24-18(27-12)13-5-3-7-15(9-13)19(20,21)22/h3,5,7,9,14H,4,6,8,10-11H2,1-2H3,(H,23,26)/t14-/m1/s1. The van der Waals surface area contributed by atoms with Gasteiger partial charge in [0.05, 0.1) is 17.2 Å². The fraction of sp³-hybridized carbons (Fsp3) is 0.474. The predicted octanol–water partition coefficient (Wildman–Crippen LogP) is 3.63. The SMILES string of the molecule is CNC(=O)[C@@H]1CCCN(Cc2nc(-c3cccc(C(F)(F)F)c3)oc2C)C1. The lowest BCUT2D eigenvalue weighted by molar-refractivity contribution is -0.137.